The van der Waals surface area contributed by atoms with Gasteiger partial charge in [0, 0.05) is 12.3 Å². The summed E-state index contributed by atoms with van der Waals surface area (Å²) in [5.74, 6) is 0.500. The minimum absolute atomic E-state index is 0.286. The summed E-state index contributed by atoms with van der Waals surface area (Å²) in [5.41, 5.74) is 0.549. The molecule has 2 heterocycles. The predicted molar refractivity (Wildman–Crippen MR) is 72.3 cm³/mol. The maximum atomic E-state index is 5.65. The van der Waals surface area contributed by atoms with E-state index in [0.29, 0.717) is 5.88 Å². The molecule has 5 nitrogen and oxygen atoms in total. The third-order valence-electron chi connectivity index (χ3n) is 1.85. The number of hydrogen-bond acceptors (Lipinski definition) is 4. The Kier molecular flexibility index (Phi) is 3.32. The fourth-order valence-electron chi connectivity index (χ4n) is 1.27. The highest BCUT2D eigenvalue weighted by molar-refractivity contribution is 14.1. The van der Waals surface area contributed by atoms with Gasteiger partial charge in [-0.25, -0.2) is 4.68 Å². The smallest absolute Gasteiger partial charge is 0.236 e. The largest absolute Gasteiger partial charge is 0.471 e. The van der Waals surface area contributed by atoms with Crippen molar-refractivity contribution in [1.29, 1.82) is 0 Å². The lowest BCUT2D eigenvalue weighted by atomic mass is 10.2. The van der Waals surface area contributed by atoms with E-state index in [9.17, 15) is 0 Å². The molecule has 0 aliphatic heterocycles. The van der Waals surface area contributed by atoms with E-state index in [0.717, 1.165) is 9.39 Å². The Balaban J connectivity index is 2.29. The molecule has 17 heavy (non-hydrogen) atoms. The van der Waals surface area contributed by atoms with E-state index in [1.807, 2.05) is 39.1 Å². The second kappa shape index (κ2) is 4.59. The van der Waals surface area contributed by atoms with Crippen LogP contribution in [0, 0.1) is 3.70 Å². The maximum Gasteiger partial charge on any atom is 0.236 e. The summed E-state index contributed by atoms with van der Waals surface area (Å²) in [6.07, 6.45) is 3.53. The van der Waals surface area contributed by atoms with Gasteiger partial charge in [-0.2, -0.15) is 10.2 Å². The molecule has 0 spiro atoms. The molecule has 0 saturated carbocycles. The van der Waals surface area contributed by atoms with E-state index in [1.54, 1.807) is 10.9 Å². The van der Waals surface area contributed by atoms with Crippen molar-refractivity contribution in [2.24, 2.45) is 0 Å². The number of hydrogen-bond donors (Lipinski definition) is 0. The van der Waals surface area contributed by atoms with Crippen LogP contribution in [0.3, 0.4) is 0 Å². The third kappa shape index (κ3) is 3.39. The van der Waals surface area contributed by atoms with Gasteiger partial charge in [-0.15, -0.1) is 5.10 Å². The molecule has 0 radical (unpaired) electrons. The molecular formula is C11H13IN4O. The Morgan fingerprint density at radius 1 is 1.35 bits per heavy atom. The molecular weight excluding hydrogens is 331 g/mol. The summed E-state index contributed by atoms with van der Waals surface area (Å²) in [6.45, 7) is 5.91. The first kappa shape index (κ1) is 12.3. The van der Waals surface area contributed by atoms with Crippen molar-refractivity contribution in [3.05, 3.63) is 28.2 Å². The zero-order chi connectivity index (χ0) is 12.5. The van der Waals surface area contributed by atoms with Crippen molar-refractivity contribution in [2.75, 3.05) is 0 Å². The van der Waals surface area contributed by atoms with E-state index in [1.165, 1.54) is 0 Å². The second-order valence-electron chi connectivity index (χ2n) is 4.55. The van der Waals surface area contributed by atoms with Crippen LogP contribution in [-0.2, 0) is 0 Å². The van der Waals surface area contributed by atoms with Gasteiger partial charge in [-0.05, 0) is 49.4 Å². The Bertz CT molecular complexity index is 518. The van der Waals surface area contributed by atoms with Gasteiger partial charge < -0.3 is 4.74 Å². The zero-order valence-corrected chi connectivity index (χ0v) is 12.0. The van der Waals surface area contributed by atoms with Crippen molar-refractivity contribution in [2.45, 2.75) is 26.4 Å². The van der Waals surface area contributed by atoms with Gasteiger partial charge >= 0.3 is 0 Å². The molecule has 0 unspecified atom stereocenters. The summed E-state index contributed by atoms with van der Waals surface area (Å²) in [7, 11) is 0. The van der Waals surface area contributed by atoms with E-state index < -0.39 is 0 Å². The van der Waals surface area contributed by atoms with Crippen molar-refractivity contribution in [3.63, 3.8) is 0 Å². The first-order chi connectivity index (χ1) is 7.94. The Hall–Kier alpha value is -1.18. The lowest BCUT2D eigenvalue weighted by Crippen LogP contribution is -2.23. The quantitative estimate of drug-likeness (QED) is 0.786. The molecule has 0 saturated heterocycles. The van der Waals surface area contributed by atoms with Crippen LogP contribution in [0.4, 0.5) is 0 Å². The number of ether oxygens (including phenoxy) is 1. The third-order valence-corrected chi connectivity index (χ3v) is 2.42. The van der Waals surface area contributed by atoms with Crippen LogP contribution in [0.25, 0.3) is 5.69 Å². The molecule has 0 aliphatic carbocycles. The molecule has 0 bridgehead atoms. The molecule has 2 aromatic heterocycles. The summed E-state index contributed by atoms with van der Waals surface area (Å²) < 4.78 is 8.32. The molecule has 90 valence electrons. The van der Waals surface area contributed by atoms with Gasteiger partial charge in [-0.3, -0.25) is 0 Å². The highest BCUT2D eigenvalue weighted by Crippen LogP contribution is 2.17. The highest BCUT2D eigenvalue weighted by Gasteiger charge is 2.13. The van der Waals surface area contributed by atoms with Gasteiger partial charge in [0.2, 0.25) is 5.88 Å². The van der Waals surface area contributed by atoms with Crippen LogP contribution in [0.1, 0.15) is 20.8 Å². The molecule has 2 aromatic rings. The monoisotopic (exact) mass is 344 g/mol. The van der Waals surface area contributed by atoms with Crippen LogP contribution < -0.4 is 4.74 Å². The summed E-state index contributed by atoms with van der Waals surface area (Å²) >= 11 is 2.16. The van der Waals surface area contributed by atoms with E-state index in [4.69, 9.17) is 4.74 Å². The predicted octanol–water partition coefficient (Wildman–Crippen LogP) is 2.44. The minimum Gasteiger partial charge on any atom is -0.471 e. The van der Waals surface area contributed by atoms with E-state index in [-0.39, 0.29) is 5.60 Å². The molecule has 2 rings (SSSR count). The highest BCUT2D eigenvalue weighted by atomic mass is 127. The molecule has 0 N–H and O–H groups in total. The average Bonchev–Trinajstić information content (AvgIpc) is 2.63. The maximum absolute atomic E-state index is 5.65. The first-order valence-corrected chi connectivity index (χ1v) is 6.25. The molecule has 0 aliphatic rings. The van der Waals surface area contributed by atoms with Crippen molar-refractivity contribution in [3.8, 4) is 11.6 Å². The number of nitrogens with zero attached hydrogens (tertiary/aromatic N) is 4. The van der Waals surface area contributed by atoms with Crippen LogP contribution in [0.5, 0.6) is 5.88 Å². The number of halogens is 1. The molecule has 0 amide bonds. The van der Waals surface area contributed by atoms with Gasteiger partial charge in [0.05, 0.1) is 11.9 Å². The number of rotatable bonds is 2. The Labute approximate surface area is 113 Å². The topological polar surface area (TPSA) is 52.8 Å². The van der Waals surface area contributed by atoms with Crippen LogP contribution in [0.15, 0.2) is 24.5 Å². The van der Waals surface area contributed by atoms with Crippen molar-refractivity contribution in [1.82, 2.24) is 20.0 Å². The Morgan fingerprint density at radius 3 is 2.71 bits per heavy atom. The Morgan fingerprint density at radius 2 is 2.12 bits per heavy atom. The van der Waals surface area contributed by atoms with Crippen molar-refractivity contribution >= 4 is 22.6 Å². The zero-order valence-electron chi connectivity index (χ0n) is 9.88. The van der Waals surface area contributed by atoms with Crippen LogP contribution >= 0.6 is 22.6 Å². The lowest BCUT2D eigenvalue weighted by Gasteiger charge is -2.19. The van der Waals surface area contributed by atoms with Crippen LogP contribution in [-0.4, -0.2) is 25.6 Å². The fraction of sp³-hybridized carbons (Fsp3) is 0.364. The standard InChI is InChI=1S/C11H13IN4O/c1-11(2,3)17-10-6-8(7-13-14-10)16-5-4-9(12)15-16/h4-7H,1-3H3. The fourth-order valence-corrected chi connectivity index (χ4v) is 1.67. The summed E-state index contributed by atoms with van der Waals surface area (Å²) in [5, 5.41) is 12.2. The SMILES string of the molecule is CC(C)(C)Oc1cc(-n2ccc(I)n2)cnn1. The van der Waals surface area contributed by atoms with E-state index in [2.05, 4.69) is 37.9 Å². The molecule has 6 heteroatoms. The van der Waals surface area contributed by atoms with Crippen LogP contribution in [0.2, 0.25) is 0 Å². The van der Waals surface area contributed by atoms with Gasteiger partial charge in [0.25, 0.3) is 0 Å². The molecule has 0 fully saturated rings. The summed E-state index contributed by atoms with van der Waals surface area (Å²) in [6, 6.07) is 3.74. The van der Waals surface area contributed by atoms with E-state index >= 15 is 0 Å². The lowest BCUT2D eigenvalue weighted by molar-refractivity contribution is 0.122. The molecule has 0 aromatic carbocycles. The second-order valence-corrected chi connectivity index (χ2v) is 5.65. The minimum atomic E-state index is -0.286. The summed E-state index contributed by atoms with van der Waals surface area (Å²) in [4.78, 5) is 0. The van der Waals surface area contributed by atoms with Gasteiger partial charge in [0.15, 0.2) is 0 Å². The van der Waals surface area contributed by atoms with Crippen molar-refractivity contribution < 1.29 is 4.74 Å². The van der Waals surface area contributed by atoms with Gasteiger partial charge in [0.1, 0.15) is 9.30 Å². The molecule has 0 atom stereocenters. The first-order valence-electron chi connectivity index (χ1n) is 5.17. The number of aromatic nitrogens is 4. The average molecular weight is 344 g/mol. The normalized spacial score (nSPS) is 11.5. The van der Waals surface area contributed by atoms with Gasteiger partial charge in [-0.1, -0.05) is 0 Å².